The Bertz CT molecular complexity index is 568. The van der Waals surface area contributed by atoms with E-state index in [1.807, 2.05) is 24.6 Å². The molecule has 5 heteroatoms. The van der Waals surface area contributed by atoms with Gasteiger partial charge >= 0.3 is 0 Å². The van der Waals surface area contributed by atoms with Gasteiger partial charge in [-0.25, -0.2) is 9.37 Å². The van der Waals surface area contributed by atoms with E-state index in [0.717, 1.165) is 18.9 Å². The minimum atomic E-state index is -0.291. The summed E-state index contributed by atoms with van der Waals surface area (Å²) >= 11 is 0. The van der Waals surface area contributed by atoms with Crippen molar-refractivity contribution in [1.82, 2.24) is 14.9 Å². The monoisotopic (exact) mass is 277 g/mol. The minimum Gasteiger partial charge on any atom is -0.497 e. The van der Waals surface area contributed by atoms with E-state index in [2.05, 4.69) is 10.3 Å². The van der Waals surface area contributed by atoms with Crippen LogP contribution in [0.4, 0.5) is 4.39 Å². The van der Waals surface area contributed by atoms with Crippen LogP contribution in [-0.4, -0.2) is 23.2 Å². The fraction of sp³-hybridized carbons (Fsp3) is 0.400. The van der Waals surface area contributed by atoms with E-state index in [1.54, 1.807) is 18.3 Å². The molecule has 0 saturated heterocycles. The van der Waals surface area contributed by atoms with Gasteiger partial charge in [0, 0.05) is 30.6 Å². The van der Waals surface area contributed by atoms with Gasteiger partial charge in [-0.3, -0.25) is 0 Å². The summed E-state index contributed by atoms with van der Waals surface area (Å²) in [6.07, 6.45) is 3.64. The third kappa shape index (κ3) is 2.82. The van der Waals surface area contributed by atoms with Crippen molar-refractivity contribution in [3.63, 3.8) is 0 Å². The molecule has 0 spiro atoms. The van der Waals surface area contributed by atoms with Crippen LogP contribution in [0.5, 0.6) is 5.75 Å². The Balaban J connectivity index is 2.43. The van der Waals surface area contributed by atoms with Gasteiger partial charge in [0.15, 0.2) is 0 Å². The predicted molar refractivity (Wildman–Crippen MR) is 76.4 cm³/mol. The van der Waals surface area contributed by atoms with E-state index in [1.165, 1.54) is 13.2 Å². The molecule has 2 aromatic rings. The molecular formula is C15H20FN3O. The summed E-state index contributed by atoms with van der Waals surface area (Å²) < 4.78 is 21.3. The number of hydrogen-bond donors (Lipinski definition) is 1. The molecule has 2 rings (SSSR count). The van der Waals surface area contributed by atoms with Gasteiger partial charge in [-0.2, -0.15) is 0 Å². The Kier molecular flexibility index (Phi) is 4.74. The van der Waals surface area contributed by atoms with Crippen molar-refractivity contribution < 1.29 is 9.13 Å². The van der Waals surface area contributed by atoms with Crippen molar-refractivity contribution in [3.05, 3.63) is 47.8 Å². The van der Waals surface area contributed by atoms with Gasteiger partial charge in [0.05, 0.1) is 13.2 Å². The molecule has 0 aliphatic rings. The van der Waals surface area contributed by atoms with Crippen molar-refractivity contribution in [2.75, 3.05) is 13.7 Å². The normalized spacial score (nSPS) is 12.4. The molecule has 0 saturated carbocycles. The van der Waals surface area contributed by atoms with Crippen LogP contribution in [-0.2, 0) is 6.54 Å². The minimum absolute atomic E-state index is 0.263. The zero-order chi connectivity index (χ0) is 14.5. The first-order valence-electron chi connectivity index (χ1n) is 6.79. The maximum Gasteiger partial charge on any atom is 0.132 e. The van der Waals surface area contributed by atoms with Gasteiger partial charge in [0.2, 0.25) is 0 Å². The van der Waals surface area contributed by atoms with Crippen LogP contribution in [0.15, 0.2) is 30.6 Å². The lowest BCUT2D eigenvalue weighted by Gasteiger charge is -2.20. The number of methoxy groups -OCH3 is 1. The highest BCUT2D eigenvalue weighted by Crippen LogP contribution is 2.26. The zero-order valence-corrected chi connectivity index (χ0v) is 12.1. The zero-order valence-electron chi connectivity index (χ0n) is 12.1. The molecule has 0 fully saturated rings. The average Bonchev–Trinajstić information content (AvgIpc) is 2.93. The third-order valence-corrected chi connectivity index (χ3v) is 3.27. The summed E-state index contributed by atoms with van der Waals surface area (Å²) in [7, 11) is 1.53. The van der Waals surface area contributed by atoms with Crippen LogP contribution in [0.3, 0.4) is 0 Å². The molecule has 1 aromatic carbocycles. The molecule has 0 aliphatic heterocycles. The number of imidazole rings is 1. The Morgan fingerprint density at radius 2 is 2.20 bits per heavy atom. The number of ether oxygens (including phenoxy) is 1. The summed E-state index contributed by atoms with van der Waals surface area (Å²) in [4.78, 5) is 4.37. The fourth-order valence-electron chi connectivity index (χ4n) is 2.26. The first-order valence-corrected chi connectivity index (χ1v) is 6.79. The van der Waals surface area contributed by atoms with Crippen molar-refractivity contribution in [1.29, 1.82) is 0 Å². The highest BCUT2D eigenvalue weighted by molar-refractivity contribution is 5.33. The molecule has 0 radical (unpaired) electrons. The second-order valence-electron chi connectivity index (χ2n) is 4.45. The Labute approximate surface area is 118 Å². The second-order valence-corrected chi connectivity index (χ2v) is 4.45. The van der Waals surface area contributed by atoms with Crippen molar-refractivity contribution in [2.24, 2.45) is 0 Å². The van der Waals surface area contributed by atoms with E-state index < -0.39 is 0 Å². The topological polar surface area (TPSA) is 39.1 Å². The number of benzene rings is 1. The van der Waals surface area contributed by atoms with E-state index >= 15 is 0 Å². The molecule has 20 heavy (non-hydrogen) atoms. The summed E-state index contributed by atoms with van der Waals surface area (Å²) in [5.41, 5.74) is 0.577. The lowest BCUT2D eigenvalue weighted by molar-refractivity contribution is 0.409. The SMILES string of the molecule is CCNC(c1ccc(OC)cc1F)c1nccn1CC. The smallest absolute Gasteiger partial charge is 0.132 e. The van der Waals surface area contributed by atoms with Crippen LogP contribution in [0.25, 0.3) is 0 Å². The van der Waals surface area contributed by atoms with Gasteiger partial charge < -0.3 is 14.6 Å². The predicted octanol–water partition coefficient (Wildman–Crippen LogP) is 2.75. The van der Waals surface area contributed by atoms with E-state index in [4.69, 9.17) is 4.74 Å². The van der Waals surface area contributed by atoms with Crippen LogP contribution in [0, 0.1) is 5.82 Å². The van der Waals surface area contributed by atoms with E-state index in [9.17, 15) is 4.39 Å². The lowest BCUT2D eigenvalue weighted by atomic mass is 10.0. The number of rotatable bonds is 6. The number of halogens is 1. The van der Waals surface area contributed by atoms with Crippen LogP contribution < -0.4 is 10.1 Å². The van der Waals surface area contributed by atoms with E-state index in [-0.39, 0.29) is 11.9 Å². The summed E-state index contributed by atoms with van der Waals surface area (Å²) in [6, 6.07) is 4.65. The summed E-state index contributed by atoms with van der Waals surface area (Å²) in [5.74, 6) is 1.04. The molecule has 108 valence electrons. The Morgan fingerprint density at radius 3 is 2.80 bits per heavy atom. The number of hydrogen-bond acceptors (Lipinski definition) is 3. The molecule has 0 aliphatic carbocycles. The maximum absolute atomic E-state index is 14.3. The molecular weight excluding hydrogens is 257 g/mol. The fourth-order valence-corrected chi connectivity index (χ4v) is 2.26. The third-order valence-electron chi connectivity index (χ3n) is 3.27. The molecule has 0 amide bonds. The lowest BCUT2D eigenvalue weighted by Crippen LogP contribution is -2.26. The van der Waals surface area contributed by atoms with Gasteiger partial charge in [0.1, 0.15) is 17.4 Å². The van der Waals surface area contributed by atoms with Gasteiger partial charge in [0.25, 0.3) is 0 Å². The molecule has 1 atom stereocenters. The van der Waals surface area contributed by atoms with E-state index in [0.29, 0.717) is 11.3 Å². The standard InChI is InChI=1S/C15H20FN3O/c1-4-17-14(15-18-8-9-19(15)5-2)12-7-6-11(20-3)10-13(12)16/h6-10,14,17H,4-5H2,1-3H3. The average molecular weight is 277 g/mol. The van der Waals surface area contributed by atoms with Gasteiger partial charge in [-0.05, 0) is 19.5 Å². The van der Waals surface area contributed by atoms with Crippen molar-refractivity contribution in [3.8, 4) is 5.75 Å². The summed E-state index contributed by atoms with van der Waals surface area (Å²) in [6.45, 7) is 5.56. The van der Waals surface area contributed by atoms with Gasteiger partial charge in [-0.15, -0.1) is 0 Å². The highest BCUT2D eigenvalue weighted by atomic mass is 19.1. The molecule has 1 aromatic heterocycles. The largest absolute Gasteiger partial charge is 0.497 e. The van der Waals surface area contributed by atoms with Crippen molar-refractivity contribution >= 4 is 0 Å². The number of nitrogens with zero attached hydrogens (tertiary/aromatic N) is 2. The van der Waals surface area contributed by atoms with Crippen molar-refractivity contribution in [2.45, 2.75) is 26.4 Å². The quantitative estimate of drug-likeness (QED) is 0.882. The number of aromatic nitrogens is 2. The highest BCUT2D eigenvalue weighted by Gasteiger charge is 2.21. The molecule has 1 N–H and O–H groups in total. The summed E-state index contributed by atoms with van der Waals surface area (Å²) in [5, 5.41) is 3.29. The molecule has 1 heterocycles. The number of nitrogens with one attached hydrogen (secondary N) is 1. The van der Waals surface area contributed by atoms with Crippen LogP contribution in [0.2, 0.25) is 0 Å². The molecule has 1 unspecified atom stereocenters. The first kappa shape index (κ1) is 14.5. The maximum atomic E-state index is 14.3. The Hall–Kier alpha value is -1.88. The second kappa shape index (κ2) is 6.52. The first-order chi connectivity index (χ1) is 9.71. The van der Waals surface area contributed by atoms with Gasteiger partial charge in [-0.1, -0.05) is 13.0 Å². The molecule has 4 nitrogen and oxygen atoms in total. The Morgan fingerprint density at radius 1 is 1.40 bits per heavy atom. The van der Waals surface area contributed by atoms with Crippen LogP contribution in [0.1, 0.15) is 31.3 Å². The molecule has 0 bridgehead atoms. The number of aryl methyl sites for hydroxylation is 1. The van der Waals surface area contributed by atoms with Crippen LogP contribution >= 0.6 is 0 Å².